The molecular formula is C13H19N5. The molecule has 18 heavy (non-hydrogen) atoms. The van der Waals surface area contributed by atoms with Gasteiger partial charge in [-0.25, -0.2) is 0 Å². The Balaban J connectivity index is 1.73. The zero-order valence-electron chi connectivity index (χ0n) is 10.9. The minimum Gasteiger partial charge on any atom is -0.378 e. The summed E-state index contributed by atoms with van der Waals surface area (Å²) >= 11 is 0. The summed E-state index contributed by atoms with van der Waals surface area (Å²) in [6.07, 6.45) is 3.56. The average Bonchev–Trinajstić information content (AvgIpc) is 2.88. The van der Waals surface area contributed by atoms with E-state index >= 15 is 0 Å². The second-order valence-corrected chi connectivity index (χ2v) is 4.40. The van der Waals surface area contributed by atoms with Crippen LogP contribution in [0.2, 0.25) is 0 Å². The van der Waals surface area contributed by atoms with E-state index < -0.39 is 0 Å². The summed E-state index contributed by atoms with van der Waals surface area (Å²) in [5.41, 5.74) is 2.51. The molecular weight excluding hydrogens is 226 g/mol. The van der Waals surface area contributed by atoms with Crippen molar-refractivity contribution in [2.24, 2.45) is 0 Å². The topological polar surface area (TPSA) is 46.0 Å². The molecule has 1 N–H and O–H groups in total. The molecule has 1 aromatic carbocycles. The first-order valence-corrected chi connectivity index (χ1v) is 6.07. The summed E-state index contributed by atoms with van der Waals surface area (Å²) in [5, 5.41) is 11.1. The fourth-order valence-corrected chi connectivity index (χ4v) is 1.69. The molecule has 0 atom stereocenters. The van der Waals surface area contributed by atoms with Crippen LogP contribution in [-0.4, -0.2) is 35.6 Å². The van der Waals surface area contributed by atoms with Crippen LogP contribution in [0.1, 0.15) is 5.56 Å². The molecule has 0 aliphatic rings. The molecule has 96 valence electrons. The summed E-state index contributed by atoms with van der Waals surface area (Å²) < 4.78 is 1.82. The third-order valence-electron chi connectivity index (χ3n) is 2.77. The number of anilines is 1. The van der Waals surface area contributed by atoms with Gasteiger partial charge in [0.1, 0.15) is 0 Å². The van der Waals surface area contributed by atoms with Gasteiger partial charge in [0.15, 0.2) is 0 Å². The van der Waals surface area contributed by atoms with E-state index in [1.165, 1.54) is 11.3 Å². The highest BCUT2D eigenvalue weighted by Crippen LogP contribution is 2.11. The summed E-state index contributed by atoms with van der Waals surface area (Å²) in [4.78, 5) is 2.10. The molecule has 2 aromatic rings. The first-order chi connectivity index (χ1) is 8.75. The molecule has 0 saturated carbocycles. The second-order valence-electron chi connectivity index (χ2n) is 4.40. The van der Waals surface area contributed by atoms with E-state index in [-0.39, 0.29) is 0 Å². The zero-order valence-corrected chi connectivity index (χ0v) is 10.9. The van der Waals surface area contributed by atoms with Gasteiger partial charge in [-0.1, -0.05) is 17.3 Å². The van der Waals surface area contributed by atoms with Gasteiger partial charge in [-0.15, -0.1) is 5.10 Å². The Morgan fingerprint density at radius 2 is 2.00 bits per heavy atom. The average molecular weight is 245 g/mol. The van der Waals surface area contributed by atoms with Gasteiger partial charge < -0.3 is 10.2 Å². The van der Waals surface area contributed by atoms with Gasteiger partial charge in [-0.05, 0) is 17.7 Å². The molecule has 0 bridgehead atoms. The lowest BCUT2D eigenvalue weighted by Crippen LogP contribution is -2.19. The fraction of sp³-hybridized carbons (Fsp3) is 0.385. The summed E-state index contributed by atoms with van der Waals surface area (Å²) in [6, 6.07) is 8.57. The van der Waals surface area contributed by atoms with Crippen molar-refractivity contribution >= 4 is 5.69 Å². The maximum Gasteiger partial charge on any atom is 0.0692 e. The fourth-order valence-electron chi connectivity index (χ4n) is 1.69. The third-order valence-corrected chi connectivity index (χ3v) is 2.77. The van der Waals surface area contributed by atoms with Crippen molar-refractivity contribution in [2.45, 2.75) is 13.1 Å². The molecule has 0 aliphatic carbocycles. The van der Waals surface area contributed by atoms with Crippen LogP contribution < -0.4 is 10.2 Å². The summed E-state index contributed by atoms with van der Waals surface area (Å²) in [7, 11) is 4.09. The van der Waals surface area contributed by atoms with Crippen molar-refractivity contribution in [3.63, 3.8) is 0 Å². The molecule has 5 heteroatoms. The van der Waals surface area contributed by atoms with Gasteiger partial charge in [0, 0.05) is 39.1 Å². The van der Waals surface area contributed by atoms with Crippen LogP contribution in [0.15, 0.2) is 36.7 Å². The standard InChI is InChI=1S/C13H19N5/c1-17(2)13-5-3-12(4-6-13)11-14-7-9-18-10-8-15-16-18/h3-6,8,10,14H,7,9,11H2,1-2H3. The van der Waals surface area contributed by atoms with Gasteiger partial charge in [0.2, 0.25) is 0 Å². The lowest BCUT2D eigenvalue weighted by Gasteiger charge is -2.12. The molecule has 0 saturated heterocycles. The number of nitrogens with one attached hydrogen (secondary N) is 1. The van der Waals surface area contributed by atoms with Crippen molar-refractivity contribution in [3.8, 4) is 0 Å². The molecule has 0 spiro atoms. The predicted molar refractivity (Wildman–Crippen MR) is 72.5 cm³/mol. The highest BCUT2D eigenvalue weighted by Gasteiger charge is 1.96. The number of hydrogen-bond donors (Lipinski definition) is 1. The zero-order chi connectivity index (χ0) is 12.8. The molecule has 5 nitrogen and oxygen atoms in total. The summed E-state index contributed by atoms with van der Waals surface area (Å²) in [5.74, 6) is 0. The Labute approximate surface area is 107 Å². The van der Waals surface area contributed by atoms with Gasteiger partial charge >= 0.3 is 0 Å². The molecule has 0 fully saturated rings. The quantitative estimate of drug-likeness (QED) is 0.775. The molecule has 2 rings (SSSR count). The number of rotatable bonds is 6. The van der Waals surface area contributed by atoms with Crippen molar-refractivity contribution in [1.29, 1.82) is 0 Å². The van der Waals surface area contributed by atoms with E-state index in [1.54, 1.807) is 6.20 Å². The maximum absolute atomic E-state index is 3.91. The lowest BCUT2D eigenvalue weighted by molar-refractivity contribution is 0.540. The van der Waals surface area contributed by atoms with E-state index in [9.17, 15) is 0 Å². The first-order valence-electron chi connectivity index (χ1n) is 6.07. The number of benzene rings is 1. The van der Waals surface area contributed by atoms with Crippen LogP contribution in [0.3, 0.4) is 0 Å². The van der Waals surface area contributed by atoms with Gasteiger partial charge in [-0.3, -0.25) is 4.68 Å². The van der Waals surface area contributed by atoms with Crippen LogP contribution >= 0.6 is 0 Å². The Hall–Kier alpha value is -1.88. The Kier molecular flexibility index (Phi) is 4.30. The first kappa shape index (κ1) is 12.6. The third kappa shape index (κ3) is 3.56. The molecule has 0 amide bonds. The van der Waals surface area contributed by atoms with E-state index in [0.717, 1.165) is 19.6 Å². The minimum absolute atomic E-state index is 0.843. The minimum atomic E-state index is 0.843. The largest absolute Gasteiger partial charge is 0.378 e. The van der Waals surface area contributed by atoms with Crippen molar-refractivity contribution < 1.29 is 0 Å². The second kappa shape index (κ2) is 6.16. The smallest absolute Gasteiger partial charge is 0.0692 e. The van der Waals surface area contributed by atoms with Crippen molar-refractivity contribution in [3.05, 3.63) is 42.2 Å². The van der Waals surface area contributed by atoms with E-state index in [1.807, 2.05) is 25.0 Å². The summed E-state index contributed by atoms with van der Waals surface area (Å²) in [6.45, 7) is 2.61. The highest BCUT2D eigenvalue weighted by molar-refractivity contribution is 5.45. The molecule has 0 aliphatic heterocycles. The Morgan fingerprint density at radius 3 is 2.61 bits per heavy atom. The van der Waals surface area contributed by atoms with Crippen molar-refractivity contribution in [2.75, 3.05) is 25.5 Å². The number of aromatic nitrogens is 3. The SMILES string of the molecule is CN(C)c1ccc(CNCCn2ccnn2)cc1. The molecule has 1 aromatic heterocycles. The predicted octanol–water partition coefficient (Wildman–Crippen LogP) is 1.13. The molecule has 0 radical (unpaired) electrons. The van der Waals surface area contributed by atoms with Crippen LogP contribution in [0.4, 0.5) is 5.69 Å². The maximum atomic E-state index is 3.91. The van der Waals surface area contributed by atoms with Crippen LogP contribution in [0.5, 0.6) is 0 Å². The van der Waals surface area contributed by atoms with E-state index in [0.29, 0.717) is 0 Å². The van der Waals surface area contributed by atoms with Crippen molar-refractivity contribution in [1.82, 2.24) is 20.3 Å². The Morgan fingerprint density at radius 1 is 1.22 bits per heavy atom. The molecule has 1 heterocycles. The van der Waals surface area contributed by atoms with Crippen LogP contribution in [0, 0.1) is 0 Å². The van der Waals surface area contributed by atoms with E-state index in [2.05, 4.69) is 44.8 Å². The van der Waals surface area contributed by atoms with Gasteiger partial charge in [0.25, 0.3) is 0 Å². The van der Waals surface area contributed by atoms with E-state index in [4.69, 9.17) is 0 Å². The number of nitrogens with zero attached hydrogens (tertiary/aromatic N) is 4. The molecule has 0 unspecified atom stereocenters. The monoisotopic (exact) mass is 245 g/mol. The van der Waals surface area contributed by atoms with Crippen LogP contribution in [-0.2, 0) is 13.1 Å². The Bertz CT molecular complexity index is 447. The van der Waals surface area contributed by atoms with Crippen LogP contribution in [0.25, 0.3) is 0 Å². The highest BCUT2D eigenvalue weighted by atomic mass is 15.4. The lowest BCUT2D eigenvalue weighted by atomic mass is 10.2. The normalized spacial score (nSPS) is 10.6. The number of hydrogen-bond acceptors (Lipinski definition) is 4. The van der Waals surface area contributed by atoms with Gasteiger partial charge in [0.05, 0.1) is 12.7 Å². The van der Waals surface area contributed by atoms with Gasteiger partial charge in [-0.2, -0.15) is 0 Å².